The number of unbranched alkanes of at least 4 members (excludes halogenated alkanes) is 2. The molecule has 0 radical (unpaired) electrons. The van der Waals surface area contributed by atoms with Crippen LogP contribution in [0, 0.1) is 0 Å². The number of nitrogens with one attached hydrogen (secondary N) is 1. The van der Waals surface area contributed by atoms with Gasteiger partial charge in [0.2, 0.25) is 11.8 Å². The molecule has 112 valence electrons. The molecule has 1 aliphatic rings. The normalized spacial score (nSPS) is 17.3. The zero-order valence-corrected chi connectivity index (χ0v) is 11.9. The van der Waals surface area contributed by atoms with E-state index in [4.69, 9.17) is 0 Å². The lowest BCUT2D eigenvalue weighted by atomic mass is 10.1. The first kappa shape index (κ1) is 15.3. The number of hydrogen-bond acceptors (Lipinski definition) is 3. The Labute approximate surface area is 124 Å². The number of anilines is 1. The van der Waals surface area contributed by atoms with Gasteiger partial charge >= 0.3 is 0 Å². The summed E-state index contributed by atoms with van der Waals surface area (Å²) in [5.41, 5.74) is 0.805. The van der Waals surface area contributed by atoms with E-state index in [1.807, 2.05) is 30.3 Å². The van der Waals surface area contributed by atoms with Crippen LogP contribution in [0.4, 0.5) is 5.69 Å². The number of benzene rings is 1. The number of aliphatic hydroxyl groups is 1. The van der Waals surface area contributed by atoms with Crippen LogP contribution < -0.4 is 5.32 Å². The van der Waals surface area contributed by atoms with Gasteiger partial charge in [0.1, 0.15) is 6.23 Å². The SMILES string of the molecule is O=C(CCCCCN1C(=O)C=CC1O)Nc1ccccc1. The van der Waals surface area contributed by atoms with Crippen LogP contribution in [-0.4, -0.2) is 34.6 Å². The van der Waals surface area contributed by atoms with Crippen molar-refractivity contribution < 1.29 is 14.7 Å². The molecule has 1 aliphatic heterocycles. The van der Waals surface area contributed by atoms with E-state index in [2.05, 4.69) is 5.32 Å². The molecular formula is C16H20N2O3. The predicted molar refractivity (Wildman–Crippen MR) is 80.4 cm³/mol. The van der Waals surface area contributed by atoms with Crippen LogP contribution in [0.15, 0.2) is 42.5 Å². The van der Waals surface area contributed by atoms with Crippen LogP contribution in [0.25, 0.3) is 0 Å². The Bertz CT molecular complexity index is 514. The number of amides is 2. The fraction of sp³-hybridized carbons (Fsp3) is 0.375. The highest BCUT2D eigenvalue weighted by atomic mass is 16.3. The second-order valence-electron chi connectivity index (χ2n) is 5.03. The lowest BCUT2D eigenvalue weighted by Crippen LogP contribution is -2.34. The molecule has 1 aromatic carbocycles. The van der Waals surface area contributed by atoms with E-state index in [1.54, 1.807) is 0 Å². The zero-order chi connectivity index (χ0) is 15.1. The molecule has 0 aliphatic carbocycles. The number of carbonyl (C=O) groups is 2. The highest BCUT2D eigenvalue weighted by Crippen LogP contribution is 2.11. The maximum absolute atomic E-state index is 11.7. The van der Waals surface area contributed by atoms with Gasteiger partial charge in [-0.2, -0.15) is 0 Å². The summed E-state index contributed by atoms with van der Waals surface area (Å²) >= 11 is 0. The molecule has 2 N–H and O–H groups in total. The Kier molecular flexibility index (Phi) is 5.51. The monoisotopic (exact) mass is 288 g/mol. The minimum absolute atomic E-state index is 0.000139. The second-order valence-corrected chi connectivity index (χ2v) is 5.03. The van der Waals surface area contributed by atoms with Crippen LogP contribution in [0.5, 0.6) is 0 Å². The Morgan fingerprint density at radius 3 is 2.62 bits per heavy atom. The third-order valence-corrected chi connectivity index (χ3v) is 3.37. The van der Waals surface area contributed by atoms with Crippen LogP contribution >= 0.6 is 0 Å². The fourth-order valence-corrected chi connectivity index (χ4v) is 2.23. The van der Waals surface area contributed by atoms with Gasteiger partial charge in [-0.1, -0.05) is 24.6 Å². The van der Waals surface area contributed by atoms with Gasteiger partial charge in [0.25, 0.3) is 0 Å². The number of nitrogens with zero attached hydrogens (tertiary/aromatic N) is 1. The lowest BCUT2D eigenvalue weighted by Gasteiger charge is -2.20. The van der Waals surface area contributed by atoms with Gasteiger partial charge < -0.3 is 15.3 Å². The van der Waals surface area contributed by atoms with Gasteiger partial charge in [-0.25, -0.2) is 0 Å². The summed E-state index contributed by atoms with van der Waals surface area (Å²) in [7, 11) is 0. The van der Waals surface area contributed by atoms with E-state index >= 15 is 0 Å². The predicted octanol–water partition coefficient (Wildman–Crippen LogP) is 1.90. The number of carbonyl (C=O) groups excluding carboxylic acids is 2. The molecule has 2 rings (SSSR count). The quantitative estimate of drug-likeness (QED) is 0.753. The molecule has 0 fully saturated rings. The molecule has 1 aromatic rings. The van der Waals surface area contributed by atoms with Crippen molar-refractivity contribution in [1.29, 1.82) is 0 Å². The summed E-state index contributed by atoms with van der Waals surface area (Å²) in [4.78, 5) is 24.5. The molecule has 1 unspecified atom stereocenters. The summed E-state index contributed by atoms with van der Waals surface area (Å²) in [5.74, 6) is -0.149. The molecule has 21 heavy (non-hydrogen) atoms. The Morgan fingerprint density at radius 2 is 1.95 bits per heavy atom. The molecule has 2 amide bonds. The van der Waals surface area contributed by atoms with E-state index in [1.165, 1.54) is 17.1 Å². The van der Waals surface area contributed by atoms with Gasteiger partial charge in [-0.05, 0) is 31.1 Å². The Hall–Kier alpha value is -2.14. The Balaban J connectivity index is 1.58. The van der Waals surface area contributed by atoms with Crippen molar-refractivity contribution in [3.63, 3.8) is 0 Å². The van der Waals surface area contributed by atoms with Crippen molar-refractivity contribution in [1.82, 2.24) is 4.90 Å². The molecule has 0 saturated heterocycles. The molecule has 0 bridgehead atoms. The number of para-hydroxylation sites is 1. The molecule has 0 saturated carbocycles. The van der Waals surface area contributed by atoms with Crippen molar-refractivity contribution in [2.75, 3.05) is 11.9 Å². The summed E-state index contributed by atoms with van der Waals surface area (Å²) in [5, 5.41) is 12.4. The van der Waals surface area contributed by atoms with Crippen LogP contribution in [0.2, 0.25) is 0 Å². The number of rotatable bonds is 7. The molecule has 5 nitrogen and oxygen atoms in total. The van der Waals surface area contributed by atoms with Crippen LogP contribution in [0.1, 0.15) is 25.7 Å². The zero-order valence-electron chi connectivity index (χ0n) is 11.9. The average molecular weight is 288 g/mol. The van der Waals surface area contributed by atoms with Gasteiger partial charge in [0, 0.05) is 24.7 Å². The highest BCUT2D eigenvalue weighted by Gasteiger charge is 2.22. The largest absolute Gasteiger partial charge is 0.370 e. The van der Waals surface area contributed by atoms with E-state index in [9.17, 15) is 14.7 Å². The van der Waals surface area contributed by atoms with Gasteiger partial charge in [0.05, 0.1) is 0 Å². The minimum Gasteiger partial charge on any atom is -0.370 e. The fourth-order valence-electron chi connectivity index (χ4n) is 2.23. The molecular weight excluding hydrogens is 268 g/mol. The first-order chi connectivity index (χ1) is 10.2. The first-order valence-corrected chi connectivity index (χ1v) is 7.18. The molecule has 1 atom stereocenters. The standard InChI is InChI=1S/C16H20N2O3/c19-14(17-13-7-3-1-4-8-13)9-5-2-6-12-18-15(20)10-11-16(18)21/h1,3-4,7-8,10-11,15,20H,2,5-6,9,12H2,(H,17,19). The second kappa shape index (κ2) is 7.59. The van der Waals surface area contributed by atoms with Crippen molar-refractivity contribution in [3.05, 3.63) is 42.5 Å². The van der Waals surface area contributed by atoms with Crippen molar-refractivity contribution in [2.45, 2.75) is 31.9 Å². The maximum Gasteiger partial charge on any atom is 0.248 e. The summed E-state index contributed by atoms with van der Waals surface area (Å²) in [6, 6.07) is 9.36. The average Bonchev–Trinajstić information content (AvgIpc) is 2.79. The van der Waals surface area contributed by atoms with Gasteiger partial charge in [0.15, 0.2) is 0 Å². The van der Waals surface area contributed by atoms with Crippen LogP contribution in [0.3, 0.4) is 0 Å². The lowest BCUT2D eigenvalue weighted by molar-refractivity contribution is -0.130. The van der Waals surface area contributed by atoms with Crippen molar-refractivity contribution >= 4 is 17.5 Å². The highest BCUT2D eigenvalue weighted by molar-refractivity contribution is 5.90. The first-order valence-electron chi connectivity index (χ1n) is 7.18. The summed E-state index contributed by atoms with van der Waals surface area (Å²) in [6.07, 6.45) is 4.93. The van der Waals surface area contributed by atoms with Crippen LogP contribution in [-0.2, 0) is 9.59 Å². The van der Waals surface area contributed by atoms with E-state index < -0.39 is 6.23 Å². The topological polar surface area (TPSA) is 69.6 Å². The third kappa shape index (κ3) is 4.72. The molecule has 0 spiro atoms. The van der Waals surface area contributed by atoms with Crippen molar-refractivity contribution in [2.24, 2.45) is 0 Å². The number of hydrogen-bond donors (Lipinski definition) is 2. The Morgan fingerprint density at radius 1 is 1.19 bits per heavy atom. The van der Waals surface area contributed by atoms with E-state index in [-0.39, 0.29) is 11.8 Å². The smallest absolute Gasteiger partial charge is 0.248 e. The third-order valence-electron chi connectivity index (χ3n) is 3.37. The van der Waals surface area contributed by atoms with Gasteiger partial charge in [-0.15, -0.1) is 0 Å². The summed E-state index contributed by atoms with van der Waals surface area (Å²) < 4.78 is 0. The molecule has 1 heterocycles. The maximum atomic E-state index is 11.7. The molecule has 0 aromatic heterocycles. The molecule has 5 heteroatoms. The summed E-state index contributed by atoms with van der Waals surface area (Å²) in [6.45, 7) is 0.521. The van der Waals surface area contributed by atoms with E-state index in [0.29, 0.717) is 13.0 Å². The number of aliphatic hydroxyl groups excluding tert-OH is 1. The minimum atomic E-state index is -0.793. The van der Waals surface area contributed by atoms with E-state index in [0.717, 1.165) is 24.9 Å². The van der Waals surface area contributed by atoms with Gasteiger partial charge in [-0.3, -0.25) is 9.59 Å². The van der Waals surface area contributed by atoms with Crippen molar-refractivity contribution in [3.8, 4) is 0 Å².